The summed E-state index contributed by atoms with van der Waals surface area (Å²) >= 11 is 5.15. The summed E-state index contributed by atoms with van der Waals surface area (Å²) in [6, 6.07) is 7.85. The second-order valence-corrected chi connectivity index (χ2v) is 4.00. The molecule has 0 heterocycles. The van der Waals surface area contributed by atoms with Gasteiger partial charge in [-0.05, 0) is 36.3 Å². The monoisotopic (exact) mass is 250 g/mol. The van der Waals surface area contributed by atoms with E-state index in [-0.39, 0.29) is 6.61 Å². The van der Waals surface area contributed by atoms with Crippen molar-refractivity contribution in [1.82, 2.24) is 5.32 Å². The lowest BCUT2D eigenvalue weighted by Crippen LogP contribution is -2.28. The smallest absolute Gasteiger partial charge is 0.170 e. The summed E-state index contributed by atoms with van der Waals surface area (Å²) in [6.45, 7) is 3.01. The highest BCUT2D eigenvalue weighted by Gasteiger charge is 1.96. The van der Waals surface area contributed by atoms with E-state index < -0.39 is 0 Å². The van der Waals surface area contributed by atoms with Gasteiger partial charge in [0.2, 0.25) is 0 Å². The zero-order valence-corrected chi connectivity index (χ0v) is 10.8. The minimum Gasteiger partial charge on any atom is -0.392 e. The number of aliphatic hydroxyl groups excluding tert-OH is 1. The highest BCUT2D eigenvalue weighted by molar-refractivity contribution is 7.80. The molecule has 0 saturated carbocycles. The third-order valence-electron chi connectivity index (χ3n) is 2.10. The Bertz CT molecular complexity index is 391. The van der Waals surface area contributed by atoms with Crippen LogP contribution in [0, 0.1) is 0 Å². The van der Waals surface area contributed by atoms with Crippen molar-refractivity contribution in [1.29, 1.82) is 0 Å². The van der Waals surface area contributed by atoms with Gasteiger partial charge in [0.05, 0.1) is 6.61 Å². The second kappa shape index (κ2) is 7.81. The average Bonchev–Trinajstić information content (AvgIpc) is 2.34. The summed E-state index contributed by atoms with van der Waals surface area (Å²) < 4.78 is 0. The zero-order valence-electron chi connectivity index (χ0n) is 9.94. The molecule has 0 unspecified atom stereocenters. The van der Waals surface area contributed by atoms with Gasteiger partial charge in [0.25, 0.3) is 0 Å². The van der Waals surface area contributed by atoms with Crippen molar-refractivity contribution >= 4 is 29.1 Å². The summed E-state index contributed by atoms with van der Waals surface area (Å²) in [5.41, 5.74) is 1.97. The Kier molecular flexibility index (Phi) is 6.29. The van der Waals surface area contributed by atoms with Crippen molar-refractivity contribution in [3.8, 4) is 0 Å². The number of aliphatic hydroxyl groups is 1. The molecule has 1 aromatic carbocycles. The maximum absolute atomic E-state index is 8.71. The zero-order chi connectivity index (χ0) is 12.5. The van der Waals surface area contributed by atoms with Gasteiger partial charge >= 0.3 is 0 Å². The maximum Gasteiger partial charge on any atom is 0.170 e. The van der Waals surface area contributed by atoms with Gasteiger partial charge in [0.15, 0.2) is 5.11 Å². The molecule has 1 rings (SSSR count). The van der Waals surface area contributed by atoms with Crippen molar-refractivity contribution in [3.05, 3.63) is 35.9 Å². The third-order valence-corrected chi connectivity index (χ3v) is 2.34. The number of hydrogen-bond acceptors (Lipinski definition) is 2. The molecule has 0 aliphatic rings. The van der Waals surface area contributed by atoms with Crippen LogP contribution in [0.5, 0.6) is 0 Å². The Morgan fingerprint density at radius 3 is 3.00 bits per heavy atom. The quantitative estimate of drug-likeness (QED) is 0.702. The molecule has 0 radical (unpaired) electrons. The lowest BCUT2D eigenvalue weighted by molar-refractivity contribution is 0.343. The van der Waals surface area contributed by atoms with Crippen molar-refractivity contribution in [2.75, 3.05) is 18.5 Å². The molecule has 1 aromatic rings. The fraction of sp³-hybridized carbons (Fsp3) is 0.308. The van der Waals surface area contributed by atoms with Gasteiger partial charge in [0, 0.05) is 12.2 Å². The van der Waals surface area contributed by atoms with Crippen molar-refractivity contribution < 1.29 is 5.11 Å². The molecule has 0 fully saturated rings. The standard InChI is InChI=1S/C13H18N2OS/c1-2-8-14-13(17)15-12-7-3-5-11(10-12)6-4-9-16/h3-7,10,16H,2,8-9H2,1H3,(H2,14,15,17)/b6-4+. The van der Waals surface area contributed by atoms with Crippen LogP contribution in [-0.2, 0) is 0 Å². The lowest BCUT2D eigenvalue weighted by Gasteiger charge is -2.09. The van der Waals surface area contributed by atoms with E-state index in [9.17, 15) is 0 Å². The van der Waals surface area contributed by atoms with Gasteiger partial charge in [-0.1, -0.05) is 31.2 Å². The molecule has 0 amide bonds. The van der Waals surface area contributed by atoms with Crippen LogP contribution in [0.3, 0.4) is 0 Å². The first-order valence-corrected chi connectivity index (χ1v) is 6.09. The predicted molar refractivity (Wildman–Crippen MR) is 77.1 cm³/mol. The number of anilines is 1. The van der Waals surface area contributed by atoms with Crippen molar-refractivity contribution in [2.45, 2.75) is 13.3 Å². The third kappa shape index (κ3) is 5.47. The van der Waals surface area contributed by atoms with Crippen LogP contribution in [-0.4, -0.2) is 23.4 Å². The number of nitrogens with one attached hydrogen (secondary N) is 2. The second-order valence-electron chi connectivity index (χ2n) is 3.59. The molecule has 4 heteroatoms. The summed E-state index contributed by atoms with van der Waals surface area (Å²) in [5, 5.41) is 15.6. The topological polar surface area (TPSA) is 44.3 Å². The lowest BCUT2D eigenvalue weighted by atomic mass is 10.2. The first-order valence-electron chi connectivity index (χ1n) is 5.68. The van der Waals surface area contributed by atoms with E-state index in [0.29, 0.717) is 5.11 Å². The largest absolute Gasteiger partial charge is 0.392 e. The Balaban J connectivity index is 2.59. The number of rotatable bonds is 5. The molecule has 0 aromatic heterocycles. The molecule has 0 atom stereocenters. The van der Waals surface area contributed by atoms with Crippen LogP contribution in [0.4, 0.5) is 5.69 Å². The number of thiocarbonyl (C=S) groups is 1. The predicted octanol–water partition coefficient (Wildman–Crippen LogP) is 2.39. The molecule has 3 nitrogen and oxygen atoms in total. The Hall–Kier alpha value is -1.39. The Labute approximate surface area is 108 Å². The maximum atomic E-state index is 8.71. The van der Waals surface area contributed by atoms with Gasteiger partial charge in [-0.3, -0.25) is 0 Å². The molecule has 0 bridgehead atoms. The molecule has 0 aliphatic heterocycles. The van der Waals surface area contributed by atoms with E-state index in [4.69, 9.17) is 17.3 Å². The van der Waals surface area contributed by atoms with Gasteiger partial charge < -0.3 is 15.7 Å². The van der Waals surface area contributed by atoms with Crippen LogP contribution in [0.25, 0.3) is 6.08 Å². The summed E-state index contributed by atoms with van der Waals surface area (Å²) in [7, 11) is 0. The van der Waals surface area contributed by atoms with Gasteiger partial charge in [0.1, 0.15) is 0 Å². The van der Waals surface area contributed by atoms with Crippen LogP contribution < -0.4 is 10.6 Å². The molecule has 0 saturated heterocycles. The average molecular weight is 250 g/mol. The summed E-state index contributed by atoms with van der Waals surface area (Å²) in [6.07, 6.45) is 4.61. The molecule has 0 spiro atoms. The van der Waals surface area contributed by atoms with Gasteiger partial charge in [-0.15, -0.1) is 0 Å². The normalized spacial score (nSPS) is 10.5. The highest BCUT2D eigenvalue weighted by Crippen LogP contribution is 2.11. The Morgan fingerprint density at radius 1 is 1.47 bits per heavy atom. The number of hydrogen-bond donors (Lipinski definition) is 3. The van der Waals surface area contributed by atoms with Gasteiger partial charge in [-0.2, -0.15) is 0 Å². The molecule has 17 heavy (non-hydrogen) atoms. The molecule has 3 N–H and O–H groups in total. The van der Waals surface area contributed by atoms with Gasteiger partial charge in [-0.25, -0.2) is 0 Å². The highest BCUT2D eigenvalue weighted by atomic mass is 32.1. The van der Waals surface area contributed by atoms with E-state index in [0.717, 1.165) is 24.2 Å². The van der Waals surface area contributed by atoms with Crippen molar-refractivity contribution in [3.63, 3.8) is 0 Å². The molecule has 92 valence electrons. The fourth-order valence-corrected chi connectivity index (χ4v) is 1.54. The molecular weight excluding hydrogens is 232 g/mol. The van der Waals surface area contributed by atoms with Crippen molar-refractivity contribution in [2.24, 2.45) is 0 Å². The minimum atomic E-state index is 0.0497. The van der Waals surface area contributed by atoms with E-state index in [2.05, 4.69) is 17.6 Å². The first-order chi connectivity index (χ1) is 8.26. The fourth-order valence-electron chi connectivity index (χ4n) is 1.32. The van der Waals surface area contributed by atoms with E-state index >= 15 is 0 Å². The Morgan fingerprint density at radius 2 is 2.29 bits per heavy atom. The molecular formula is C13H18N2OS. The molecule has 0 aliphatic carbocycles. The summed E-state index contributed by atoms with van der Waals surface area (Å²) in [5.74, 6) is 0. The van der Waals surface area contributed by atoms with E-state index in [1.807, 2.05) is 30.3 Å². The van der Waals surface area contributed by atoms with E-state index in [1.54, 1.807) is 6.08 Å². The van der Waals surface area contributed by atoms with Crippen LogP contribution in [0.1, 0.15) is 18.9 Å². The first kappa shape index (κ1) is 13.7. The SMILES string of the molecule is CCCNC(=S)Nc1cccc(/C=C/CO)c1. The minimum absolute atomic E-state index is 0.0497. The van der Waals surface area contributed by atoms with Crippen LogP contribution in [0.15, 0.2) is 30.3 Å². The summed E-state index contributed by atoms with van der Waals surface area (Å²) in [4.78, 5) is 0. The van der Waals surface area contributed by atoms with Crippen LogP contribution in [0.2, 0.25) is 0 Å². The number of benzene rings is 1. The van der Waals surface area contributed by atoms with Crippen LogP contribution >= 0.6 is 12.2 Å². The van der Waals surface area contributed by atoms with E-state index in [1.165, 1.54) is 0 Å².